The van der Waals surface area contributed by atoms with Crippen LogP contribution in [-0.4, -0.2) is 25.0 Å². The second-order valence-electron chi connectivity index (χ2n) is 4.65. The van der Waals surface area contributed by atoms with Crippen molar-refractivity contribution in [2.75, 3.05) is 7.11 Å². The normalized spacial score (nSPS) is 11.4. The van der Waals surface area contributed by atoms with Gasteiger partial charge in [0.05, 0.1) is 19.6 Å². The molecule has 0 bridgehead atoms. The molecule has 0 radical (unpaired) electrons. The van der Waals surface area contributed by atoms with E-state index in [-0.39, 0.29) is 24.8 Å². The molecule has 0 unspecified atom stereocenters. The average molecular weight is 310 g/mol. The zero-order chi connectivity index (χ0) is 16.5. The van der Waals surface area contributed by atoms with Crippen molar-refractivity contribution in [3.63, 3.8) is 0 Å². The quantitative estimate of drug-likeness (QED) is 0.616. The summed E-state index contributed by atoms with van der Waals surface area (Å²) < 4.78 is 30.7. The first-order valence-electron chi connectivity index (χ1n) is 6.65. The Bertz CT molecular complexity index is 564. The van der Waals surface area contributed by atoms with Crippen molar-refractivity contribution in [2.24, 2.45) is 0 Å². The third-order valence-corrected chi connectivity index (χ3v) is 2.89. The lowest BCUT2D eigenvalue weighted by molar-refractivity contribution is -0.145. The van der Waals surface area contributed by atoms with E-state index >= 15 is 0 Å². The van der Waals surface area contributed by atoms with Crippen molar-refractivity contribution in [2.45, 2.75) is 31.7 Å². The SMILES string of the molecule is COC(=O)[C@@H](CCCC#N)NC(=O)Cc1cc(F)cc(F)c1. The molecule has 118 valence electrons. The number of hydrogen-bond donors (Lipinski definition) is 1. The summed E-state index contributed by atoms with van der Waals surface area (Å²) in [6.07, 6.45) is 0.660. The maximum Gasteiger partial charge on any atom is 0.328 e. The van der Waals surface area contributed by atoms with Crippen molar-refractivity contribution in [3.05, 3.63) is 35.4 Å². The maximum absolute atomic E-state index is 13.1. The number of nitriles is 1. The molecule has 1 aromatic rings. The largest absolute Gasteiger partial charge is 0.467 e. The van der Waals surface area contributed by atoms with Gasteiger partial charge >= 0.3 is 5.97 Å². The van der Waals surface area contributed by atoms with E-state index in [1.54, 1.807) is 0 Å². The summed E-state index contributed by atoms with van der Waals surface area (Å²) in [4.78, 5) is 23.4. The van der Waals surface area contributed by atoms with Gasteiger partial charge in [0, 0.05) is 12.5 Å². The van der Waals surface area contributed by atoms with Crippen LogP contribution in [0.1, 0.15) is 24.8 Å². The van der Waals surface area contributed by atoms with Gasteiger partial charge in [-0.3, -0.25) is 4.79 Å². The number of esters is 1. The Morgan fingerprint density at radius 1 is 1.32 bits per heavy atom. The van der Waals surface area contributed by atoms with Gasteiger partial charge in [-0.2, -0.15) is 5.26 Å². The number of amides is 1. The van der Waals surface area contributed by atoms with E-state index in [9.17, 15) is 18.4 Å². The van der Waals surface area contributed by atoms with Gasteiger partial charge < -0.3 is 10.1 Å². The average Bonchev–Trinajstić information content (AvgIpc) is 2.44. The first kappa shape index (κ1) is 17.6. The monoisotopic (exact) mass is 310 g/mol. The minimum absolute atomic E-state index is 0.163. The molecule has 1 atom stereocenters. The highest BCUT2D eigenvalue weighted by molar-refractivity contribution is 5.85. The summed E-state index contributed by atoms with van der Waals surface area (Å²) in [6.45, 7) is 0. The van der Waals surface area contributed by atoms with Crippen LogP contribution < -0.4 is 5.32 Å². The van der Waals surface area contributed by atoms with Gasteiger partial charge in [0.2, 0.25) is 5.91 Å². The molecule has 1 aromatic carbocycles. The minimum atomic E-state index is -0.885. The molecule has 1 amide bonds. The fraction of sp³-hybridized carbons (Fsp3) is 0.400. The number of unbranched alkanes of at least 4 members (excludes halogenated alkanes) is 1. The molecule has 0 heterocycles. The van der Waals surface area contributed by atoms with Gasteiger partial charge in [-0.1, -0.05) is 0 Å². The van der Waals surface area contributed by atoms with Crippen molar-refractivity contribution >= 4 is 11.9 Å². The lowest BCUT2D eigenvalue weighted by atomic mass is 10.1. The summed E-state index contributed by atoms with van der Waals surface area (Å²) in [7, 11) is 1.19. The van der Waals surface area contributed by atoms with E-state index in [1.165, 1.54) is 7.11 Å². The molecule has 0 aliphatic carbocycles. The van der Waals surface area contributed by atoms with Crippen molar-refractivity contribution in [1.82, 2.24) is 5.32 Å². The smallest absolute Gasteiger partial charge is 0.328 e. The van der Waals surface area contributed by atoms with Gasteiger partial charge in [-0.05, 0) is 30.5 Å². The van der Waals surface area contributed by atoms with E-state index in [1.807, 2.05) is 6.07 Å². The first-order chi connectivity index (χ1) is 10.5. The number of nitrogens with one attached hydrogen (secondary N) is 1. The molecule has 0 fully saturated rings. The van der Waals surface area contributed by atoms with Crippen LogP contribution in [0.15, 0.2) is 18.2 Å². The highest BCUT2D eigenvalue weighted by Crippen LogP contribution is 2.09. The summed E-state index contributed by atoms with van der Waals surface area (Å²) in [5.41, 5.74) is 0.163. The molecule has 0 aliphatic rings. The van der Waals surface area contributed by atoms with Gasteiger partial charge in [-0.25, -0.2) is 13.6 Å². The molecule has 7 heteroatoms. The predicted octanol–water partition coefficient (Wildman–Crippen LogP) is 1.86. The van der Waals surface area contributed by atoms with Crippen LogP contribution in [0, 0.1) is 23.0 Å². The molecule has 0 aliphatic heterocycles. The lowest BCUT2D eigenvalue weighted by Crippen LogP contribution is -2.42. The number of methoxy groups -OCH3 is 1. The van der Waals surface area contributed by atoms with Gasteiger partial charge in [0.1, 0.15) is 17.7 Å². The van der Waals surface area contributed by atoms with Gasteiger partial charge in [0.25, 0.3) is 0 Å². The Labute approximate surface area is 126 Å². The summed E-state index contributed by atoms with van der Waals surface area (Å²) >= 11 is 0. The fourth-order valence-electron chi connectivity index (χ4n) is 1.92. The van der Waals surface area contributed by atoms with Crippen LogP contribution in [0.25, 0.3) is 0 Å². The van der Waals surface area contributed by atoms with Crippen LogP contribution in [0.4, 0.5) is 8.78 Å². The first-order valence-corrected chi connectivity index (χ1v) is 6.65. The van der Waals surface area contributed by atoms with E-state index in [2.05, 4.69) is 10.1 Å². The van der Waals surface area contributed by atoms with E-state index in [0.717, 1.165) is 12.1 Å². The maximum atomic E-state index is 13.1. The Morgan fingerprint density at radius 3 is 2.50 bits per heavy atom. The Hall–Kier alpha value is -2.49. The molecule has 0 saturated carbocycles. The molecule has 0 aromatic heterocycles. The van der Waals surface area contributed by atoms with E-state index in [0.29, 0.717) is 12.5 Å². The van der Waals surface area contributed by atoms with Crippen molar-refractivity contribution < 1.29 is 23.1 Å². The molecule has 22 heavy (non-hydrogen) atoms. The van der Waals surface area contributed by atoms with Crippen LogP contribution in [0.3, 0.4) is 0 Å². The standard InChI is InChI=1S/C15H16F2N2O3/c1-22-15(21)13(4-2-3-5-18)19-14(20)8-10-6-11(16)9-12(17)7-10/h6-7,9,13H,2-4,8H2,1H3,(H,19,20)/t13-/m1/s1. The van der Waals surface area contributed by atoms with Crippen LogP contribution in [-0.2, 0) is 20.7 Å². The number of benzene rings is 1. The Balaban J connectivity index is 2.65. The summed E-state index contributed by atoms with van der Waals surface area (Å²) in [5.74, 6) is -2.74. The second kappa shape index (κ2) is 8.72. The molecular formula is C15H16F2N2O3. The van der Waals surface area contributed by atoms with Gasteiger partial charge in [-0.15, -0.1) is 0 Å². The van der Waals surface area contributed by atoms with Gasteiger partial charge in [0.15, 0.2) is 0 Å². The molecule has 0 saturated heterocycles. The number of ether oxygens (including phenoxy) is 1. The van der Waals surface area contributed by atoms with Crippen LogP contribution in [0.2, 0.25) is 0 Å². The number of hydrogen-bond acceptors (Lipinski definition) is 4. The molecular weight excluding hydrogens is 294 g/mol. The number of carbonyl (C=O) groups is 2. The number of halogens is 2. The Kier molecular flexibility index (Phi) is 6.96. The van der Waals surface area contributed by atoms with Crippen LogP contribution >= 0.6 is 0 Å². The highest BCUT2D eigenvalue weighted by atomic mass is 19.1. The molecule has 1 N–H and O–H groups in total. The topological polar surface area (TPSA) is 79.2 Å². The molecule has 0 spiro atoms. The van der Waals surface area contributed by atoms with E-state index < -0.39 is 29.6 Å². The third-order valence-electron chi connectivity index (χ3n) is 2.89. The fourth-order valence-corrected chi connectivity index (χ4v) is 1.92. The number of nitrogens with zero attached hydrogens (tertiary/aromatic N) is 1. The third kappa shape index (κ3) is 5.87. The second-order valence-corrected chi connectivity index (χ2v) is 4.65. The van der Waals surface area contributed by atoms with Crippen LogP contribution in [0.5, 0.6) is 0 Å². The number of rotatable bonds is 7. The zero-order valence-corrected chi connectivity index (χ0v) is 12.1. The highest BCUT2D eigenvalue weighted by Gasteiger charge is 2.21. The molecule has 1 rings (SSSR count). The number of carbonyl (C=O) groups excluding carboxylic acids is 2. The summed E-state index contributed by atoms with van der Waals surface area (Å²) in [5, 5.41) is 10.9. The minimum Gasteiger partial charge on any atom is -0.467 e. The van der Waals surface area contributed by atoms with Crippen molar-refractivity contribution in [3.8, 4) is 6.07 Å². The lowest BCUT2D eigenvalue weighted by Gasteiger charge is -2.16. The zero-order valence-electron chi connectivity index (χ0n) is 12.1. The molecule has 5 nitrogen and oxygen atoms in total. The van der Waals surface area contributed by atoms with Crippen molar-refractivity contribution in [1.29, 1.82) is 5.26 Å². The Morgan fingerprint density at radius 2 is 1.95 bits per heavy atom. The predicted molar refractivity (Wildman–Crippen MR) is 73.5 cm³/mol. The summed E-state index contributed by atoms with van der Waals surface area (Å²) in [6, 6.07) is 3.86. The van der Waals surface area contributed by atoms with E-state index in [4.69, 9.17) is 5.26 Å².